The largest absolute Gasteiger partial charge is 0.502 e. The molecule has 1 rings (SSSR count). The van der Waals surface area contributed by atoms with Gasteiger partial charge in [0.05, 0.1) is 11.1 Å². The molecule has 0 saturated heterocycles. The molecule has 0 bridgehead atoms. The second kappa shape index (κ2) is 4.21. The maximum absolute atomic E-state index is 10.8. The molecule has 0 amide bonds. The molecule has 8 heteroatoms. The van der Waals surface area contributed by atoms with Crippen LogP contribution < -0.4 is 0 Å². The minimum atomic E-state index is -4.37. The fraction of sp³-hybridized carbons (Fsp3) is 0.250. The lowest BCUT2D eigenvalue weighted by atomic mass is 10.1. The number of hydrogen-bond acceptors (Lipinski definition) is 4. The highest BCUT2D eigenvalue weighted by Crippen LogP contribution is 2.43. The molecule has 1 aromatic carbocycles. The molecule has 1 aromatic rings. The molecule has 16 heavy (non-hydrogen) atoms. The lowest BCUT2D eigenvalue weighted by Crippen LogP contribution is -1.95. The molecule has 0 aliphatic heterocycles. The molecule has 0 heterocycles. The molecule has 0 unspecified atom stereocenters. The van der Waals surface area contributed by atoms with E-state index in [1.54, 1.807) is 0 Å². The summed E-state index contributed by atoms with van der Waals surface area (Å²) >= 11 is 0. The van der Waals surface area contributed by atoms with Crippen LogP contribution in [0.15, 0.2) is 12.1 Å². The first-order chi connectivity index (χ1) is 7.20. The molecule has 0 aromatic heterocycles. The van der Waals surface area contributed by atoms with E-state index in [4.69, 9.17) is 9.79 Å². The summed E-state index contributed by atoms with van der Waals surface area (Å²) in [5, 5.41) is 20.0. The number of nitro groups is 1. The summed E-state index contributed by atoms with van der Waals surface area (Å²) < 4.78 is 10.8. The molecule has 3 N–H and O–H groups in total. The Morgan fingerprint density at radius 3 is 2.44 bits per heavy atom. The molecule has 0 spiro atoms. The zero-order valence-corrected chi connectivity index (χ0v) is 9.22. The van der Waals surface area contributed by atoms with E-state index >= 15 is 0 Å². The van der Waals surface area contributed by atoms with Crippen molar-refractivity contribution in [1.82, 2.24) is 0 Å². The van der Waals surface area contributed by atoms with Gasteiger partial charge < -0.3 is 14.9 Å². The summed E-state index contributed by atoms with van der Waals surface area (Å²) in [6.07, 6.45) is -0.721. The Morgan fingerprint density at radius 2 is 2.00 bits per heavy atom. The Kier molecular flexibility index (Phi) is 3.32. The van der Waals surface area contributed by atoms with E-state index in [9.17, 15) is 19.8 Å². The minimum Gasteiger partial charge on any atom is -0.502 e. The third-order valence-corrected chi connectivity index (χ3v) is 2.64. The molecule has 88 valence electrons. The first-order valence-corrected chi connectivity index (χ1v) is 6.02. The third-order valence-electron chi connectivity index (χ3n) is 1.89. The van der Waals surface area contributed by atoms with Crippen LogP contribution in [0.25, 0.3) is 0 Å². The van der Waals surface area contributed by atoms with Crippen molar-refractivity contribution in [2.45, 2.75) is 13.1 Å². The Morgan fingerprint density at radius 1 is 1.44 bits per heavy atom. The molecule has 0 radical (unpaired) electrons. The highest BCUT2D eigenvalue weighted by atomic mass is 31.2. The summed E-state index contributed by atoms with van der Waals surface area (Å²) in [6, 6.07) is 2.44. The number of aromatic hydroxyl groups is 1. The lowest BCUT2D eigenvalue weighted by molar-refractivity contribution is -0.386. The number of aryl methyl sites for hydroxylation is 1. The fourth-order valence-electron chi connectivity index (χ4n) is 1.31. The number of benzene rings is 1. The van der Waals surface area contributed by atoms with Crippen molar-refractivity contribution in [2.24, 2.45) is 0 Å². The van der Waals surface area contributed by atoms with E-state index in [-0.39, 0.29) is 5.56 Å². The van der Waals surface area contributed by atoms with Gasteiger partial charge in [0.2, 0.25) is 0 Å². The van der Waals surface area contributed by atoms with Crippen LogP contribution in [-0.4, -0.2) is 19.8 Å². The van der Waals surface area contributed by atoms with Gasteiger partial charge in [-0.1, -0.05) is 6.07 Å². The van der Waals surface area contributed by atoms with Crippen LogP contribution in [-0.2, 0) is 10.7 Å². The number of rotatable bonds is 3. The lowest BCUT2D eigenvalue weighted by Gasteiger charge is -2.07. The van der Waals surface area contributed by atoms with E-state index in [1.165, 1.54) is 13.0 Å². The molecular formula is C8H10NO6P. The quantitative estimate of drug-likeness (QED) is 0.420. The average molecular weight is 247 g/mol. The van der Waals surface area contributed by atoms with E-state index in [2.05, 4.69) is 0 Å². The van der Waals surface area contributed by atoms with Gasteiger partial charge in [-0.2, -0.15) is 0 Å². The molecular weight excluding hydrogens is 237 g/mol. The van der Waals surface area contributed by atoms with E-state index in [1.807, 2.05) is 0 Å². The number of nitrogens with zero attached hydrogens (tertiary/aromatic N) is 1. The zero-order chi connectivity index (χ0) is 12.5. The monoisotopic (exact) mass is 247 g/mol. The number of phenols is 1. The third kappa shape index (κ3) is 3.03. The van der Waals surface area contributed by atoms with Gasteiger partial charge in [-0.3, -0.25) is 14.7 Å². The average Bonchev–Trinajstić information content (AvgIpc) is 2.07. The van der Waals surface area contributed by atoms with Gasteiger partial charge in [-0.25, -0.2) is 0 Å². The number of phenolic OH excluding ortho intramolecular Hbond substituents is 1. The maximum atomic E-state index is 10.8. The maximum Gasteiger partial charge on any atom is 0.330 e. The van der Waals surface area contributed by atoms with Crippen LogP contribution >= 0.6 is 7.60 Å². The van der Waals surface area contributed by atoms with Gasteiger partial charge in [-0.05, 0) is 12.5 Å². The van der Waals surface area contributed by atoms with Crippen LogP contribution in [0.1, 0.15) is 11.1 Å². The van der Waals surface area contributed by atoms with E-state index in [0.29, 0.717) is 5.56 Å². The second-order valence-corrected chi connectivity index (χ2v) is 5.02. The van der Waals surface area contributed by atoms with Crippen LogP contribution in [0.3, 0.4) is 0 Å². The molecule has 0 saturated carbocycles. The Bertz CT molecular complexity index is 480. The standard InChI is InChI=1S/C8H10NO6P/c1-5-2-6(4-16(13,14)15)8(10)7(3-5)9(11)12/h2-3,10H,4H2,1H3,(H2,13,14,15). The van der Waals surface area contributed by atoms with Crippen LogP contribution in [0.2, 0.25) is 0 Å². The molecule has 0 fully saturated rings. The summed E-state index contributed by atoms with van der Waals surface area (Å²) in [6.45, 7) is 1.54. The predicted molar refractivity (Wildman–Crippen MR) is 55.2 cm³/mol. The van der Waals surface area contributed by atoms with Gasteiger partial charge in [0.25, 0.3) is 0 Å². The van der Waals surface area contributed by atoms with Gasteiger partial charge in [0, 0.05) is 11.6 Å². The van der Waals surface area contributed by atoms with Crippen molar-refractivity contribution >= 4 is 13.3 Å². The van der Waals surface area contributed by atoms with E-state index in [0.717, 1.165) is 6.07 Å². The summed E-state index contributed by atoms with van der Waals surface area (Å²) in [5.41, 5.74) is -0.226. The van der Waals surface area contributed by atoms with Gasteiger partial charge in [0.1, 0.15) is 0 Å². The van der Waals surface area contributed by atoms with Crippen molar-refractivity contribution in [2.75, 3.05) is 0 Å². The topological polar surface area (TPSA) is 121 Å². The molecule has 0 atom stereocenters. The van der Waals surface area contributed by atoms with Crippen molar-refractivity contribution in [3.8, 4) is 5.75 Å². The number of nitro benzene ring substituents is 1. The number of hydrogen-bond donors (Lipinski definition) is 3. The Balaban J connectivity index is 3.30. The first-order valence-electron chi connectivity index (χ1n) is 4.22. The Hall–Kier alpha value is -1.43. The Labute approximate surface area is 90.7 Å². The van der Waals surface area contributed by atoms with Crippen molar-refractivity contribution < 1.29 is 24.4 Å². The molecule has 0 aliphatic carbocycles. The minimum absolute atomic E-state index is 0.125. The van der Waals surface area contributed by atoms with Crippen molar-refractivity contribution in [3.05, 3.63) is 33.4 Å². The normalized spacial score (nSPS) is 11.4. The SMILES string of the molecule is Cc1cc(CP(=O)(O)O)c(O)c([N+](=O)[O-])c1. The fourth-order valence-corrected chi connectivity index (χ4v) is 2.00. The smallest absolute Gasteiger partial charge is 0.330 e. The summed E-state index contributed by atoms with van der Waals surface area (Å²) in [4.78, 5) is 27.2. The summed E-state index contributed by atoms with van der Waals surface area (Å²) in [7, 11) is -4.37. The highest BCUT2D eigenvalue weighted by Gasteiger charge is 2.23. The molecule has 0 aliphatic rings. The predicted octanol–water partition coefficient (Wildman–Crippen LogP) is 1.29. The van der Waals surface area contributed by atoms with Gasteiger partial charge in [0.15, 0.2) is 5.75 Å². The van der Waals surface area contributed by atoms with Crippen molar-refractivity contribution in [3.63, 3.8) is 0 Å². The van der Waals surface area contributed by atoms with Crippen LogP contribution in [0.4, 0.5) is 5.69 Å². The van der Waals surface area contributed by atoms with Gasteiger partial charge in [-0.15, -0.1) is 0 Å². The van der Waals surface area contributed by atoms with Crippen molar-refractivity contribution in [1.29, 1.82) is 0 Å². The van der Waals surface area contributed by atoms with Crippen LogP contribution in [0, 0.1) is 17.0 Å². The van der Waals surface area contributed by atoms with E-state index < -0.39 is 30.1 Å². The zero-order valence-electron chi connectivity index (χ0n) is 8.32. The van der Waals surface area contributed by atoms with Gasteiger partial charge >= 0.3 is 13.3 Å². The molecule has 7 nitrogen and oxygen atoms in total. The first kappa shape index (κ1) is 12.6. The highest BCUT2D eigenvalue weighted by molar-refractivity contribution is 7.50. The second-order valence-electron chi connectivity index (χ2n) is 3.37. The van der Waals surface area contributed by atoms with Crippen LogP contribution in [0.5, 0.6) is 5.75 Å². The summed E-state index contributed by atoms with van der Waals surface area (Å²) in [5.74, 6) is -0.695.